The first-order chi connectivity index (χ1) is 18.3. The molecule has 0 unspecified atom stereocenters. The van der Waals surface area contributed by atoms with Crippen molar-refractivity contribution in [3.63, 3.8) is 0 Å². The second-order valence-corrected chi connectivity index (χ2v) is 10.4. The molecule has 1 aliphatic carbocycles. The van der Waals surface area contributed by atoms with Crippen molar-refractivity contribution in [3.05, 3.63) is 63.6 Å². The summed E-state index contributed by atoms with van der Waals surface area (Å²) in [6, 6.07) is 5.23. The molecule has 9 nitrogen and oxygen atoms in total. The Bertz CT molecular complexity index is 1480. The number of allylic oxidation sites excluding steroid dienone is 4. The lowest BCUT2D eigenvalue weighted by Crippen LogP contribution is -2.41. The van der Waals surface area contributed by atoms with Gasteiger partial charge in [0.25, 0.3) is 0 Å². The van der Waals surface area contributed by atoms with Crippen LogP contribution in [0.2, 0.25) is 0 Å². The maximum absolute atomic E-state index is 14.1. The number of carbonyl (C=O) groups excluding carboxylic acids is 3. The van der Waals surface area contributed by atoms with Gasteiger partial charge in [0.15, 0.2) is 28.8 Å². The van der Waals surface area contributed by atoms with Crippen LogP contribution in [0.25, 0.3) is 0 Å². The van der Waals surface area contributed by atoms with Crippen molar-refractivity contribution in [1.29, 1.82) is 0 Å². The molecule has 0 spiro atoms. The molecule has 1 aliphatic heterocycles. The number of phenolic OH excluding ortho intramolecular Hbond substituents is 2. The number of aromatic hydroxyl groups is 2. The van der Waals surface area contributed by atoms with Crippen molar-refractivity contribution in [3.8, 4) is 28.7 Å². The summed E-state index contributed by atoms with van der Waals surface area (Å²) in [5.41, 5.74) is -0.495. The Labute approximate surface area is 227 Å². The predicted molar refractivity (Wildman–Crippen MR) is 144 cm³/mol. The molecule has 9 heteroatoms. The molecular weight excluding hydrogens is 502 g/mol. The number of hydrogen-bond acceptors (Lipinski definition) is 9. The molecule has 2 aromatic carbocycles. The van der Waals surface area contributed by atoms with E-state index in [1.54, 1.807) is 34.1 Å². The van der Waals surface area contributed by atoms with Crippen LogP contribution in [0, 0.1) is 12.8 Å². The van der Waals surface area contributed by atoms with E-state index in [0.717, 1.165) is 5.56 Å². The minimum absolute atomic E-state index is 0.00727. The molecule has 0 fully saturated rings. The van der Waals surface area contributed by atoms with E-state index < -0.39 is 28.5 Å². The molecule has 2 aromatic rings. The maximum Gasteiger partial charge on any atom is 0.194 e. The Hall–Kier alpha value is -4.27. The Balaban J connectivity index is 1.84. The van der Waals surface area contributed by atoms with E-state index >= 15 is 0 Å². The Morgan fingerprint density at radius 1 is 1.05 bits per heavy atom. The molecule has 3 N–H and O–H groups in total. The highest BCUT2D eigenvalue weighted by Gasteiger charge is 2.56. The number of rotatable bonds is 7. The molecular formula is C30H33NO8. The molecule has 0 aromatic heterocycles. The second-order valence-electron chi connectivity index (χ2n) is 10.4. The zero-order chi connectivity index (χ0) is 29.0. The summed E-state index contributed by atoms with van der Waals surface area (Å²) in [5.74, 6) is -1.39. The lowest BCUT2D eigenvalue weighted by molar-refractivity contribution is -0.123. The molecule has 39 heavy (non-hydrogen) atoms. The number of ketones is 3. The van der Waals surface area contributed by atoms with Crippen LogP contribution in [0.1, 0.15) is 67.7 Å². The van der Waals surface area contributed by atoms with Gasteiger partial charge in [-0.1, -0.05) is 19.9 Å². The largest absolute Gasteiger partial charge is 0.507 e. The van der Waals surface area contributed by atoms with Gasteiger partial charge in [-0.05, 0) is 51.3 Å². The van der Waals surface area contributed by atoms with Crippen LogP contribution in [0.15, 0.2) is 41.3 Å². The number of fused-ring (bicyclic) bond motifs is 3. The van der Waals surface area contributed by atoms with E-state index in [9.17, 15) is 24.6 Å². The van der Waals surface area contributed by atoms with E-state index in [1.165, 1.54) is 19.9 Å². The van der Waals surface area contributed by atoms with Crippen molar-refractivity contribution in [1.82, 2.24) is 5.32 Å². The monoisotopic (exact) mass is 535 g/mol. The molecule has 0 bridgehead atoms. The number of benzene rings is 2. The highest BCUT2D eigenvalue weighted by molar-refractivity contribution is 6.31. The van der Waals surface area contributed by atoms with Crippen LogP contribution in [0.4, 0.5) is 0 Å². The van der Waals surface area contributed by atoms with Crippen molar-refractivity contribution in [2.24, 2.45) is 5.92 Å². The molecule has 4 rings (SSSR count). The summed E-state index contributed by atoms with van der Waals surface area (Å²) < 4.78 is 16.6. The van der Waals surface area contributed by atoms with Crippen LogP contribution in [-0.2, 0) is 15.0 Å². The molecule has 2 atom stereocenters. The maximum atomic E-state index is 14.1. The summed E-state index contributed by atoms with van der Waals surface area (Å²) in [4.78, 5) is 39.8. The number of methoxy groups -OCH3 is 2. The first-order valence-corrected chi connectivity index (χ1v) is 12.6. The van der Waals surface area contributed by atoms with E-state index in [4.69, 9.17) is 14.2 Å². The van der Waals surface area contributed by atoms with E-state index in [-0.39, 0.29) is 51.5 Å². The summed E-state index contributed by atoms with van der Waals surface area (Å²) in [6.07, 6.45) is 1.21. The van der Waals surface area contributed by atoms with E-state index in [1.807, 2.05) is 26.0 Å². The van der Waals surface area contributed by atoms with Gasteiger partial charge in [0, 0.05) is 17.3 Å². The third-order valence-electron chi connectivity index (χ3n) is 7.57. The molecule has 0 radical (unpaired) electrons. The zero-order valence-electron chi connectivity index (χ0n) is 23.3. The molecule has 1 heterocycles. The zero-order valence-corrected chi connectivity index (χ0v) is 23.3. The van der Waals surface area contributed by atoms with E-state index in [0.29, 0.717) is 17.2 Å². The fourth-order valence-corrected chi connectivity index (χ4v) is 5.35. The second kappa shape index (κ2) is 9.80. The van der Waals surface area contributed by atoms with Gasteiger partial charge in [-0.2, -0.15) is 0 Å². The van der Waals surface area contributed by atoms with Gasteiger partial charge in [0.05, 0.1) is 31.4 Å². The lowest BCUT2D eigenvalue weighted by Gasteiger charge is -2.31. The number of Topliss-reactive ketones (excluding diaryl/α,β-unsaturated/α-hetero) is 2. The van der Waals surface area contributed by atoms with Crippen LogP contribution < -0.4 is 19.5 Å². The van der Waals surface area contributed by atoms with Crippen molar-refractivity contribution in [2.45, 2.75) is 53.0 Å². The van der Waals surface area contributed by atoms with Gasteiger partial charge in [-0.15, -0.1) is 0 Å². The molecule has 206 valence electrons. The number of carbonyl (C=O) groups is 3. The van der Waals surface area contributed by atoms with Crippen molar-refractivity contribution >= 4 is 17.3 Å². The van der Waals surface area contributed by atoms with E-state index in [2.05, 4.69) is 5.32 Å². The van der Waals surface area contributed by atoms with Gasteiger partial charge >= 0.3 is 0 Å². The van der Waals surface area contributed by atoms with Gasteiger partial charge in [-0.3, -0.25) is 14.4 Å². The average molecular weight is 536 g/mol. The van der Waals surface area contributed by atoms with Crippen LogP contribution in [0.5, 0.6) is 28.7 Å². The summed E-state index contributed by atoms with van der Waals surface area (Å²) in [5, 5.41) is 24.9. The van der Waals surface area contributed by atoms with Gasteiger partial charge in [-0.25, -0.2) is 0 Å². The summed E-state index contributed by atoms with van der Waals surface area (Å²) in [7, 11) is 3.10. The Kier molecular flexibility index (Phi) is 6.97. The molecule has 2 aliphatic rings. The summed E-state index contributed by atoms with van der Waals surface area (Å²) in [6.45, 7) is 9.91. The Morgan fingerprint density at radius 3 is 2.26 bits per heavy atom. The first kappa shape index (κ1) is 27.8. The highest BCUT2D eigenvalue weighted by atomic mass is 16.5. The standard InChI is InChI=1S/C30H33NO8/c1-13(2)25(17-9-10-19(37-7)20(11-17)38-8)31-15(4)22-18(33)12-21-30(6,29(22)36)24-27(35)14(3)26(34)23(16(5)32)28(24)39-21/h9-13,25,31,34-35H,1-8H3/b22-15+/t25-,30-/m0/s1. The number of nitrogens with one attached hydrogen (secondary N) is 1. The van der Waals surface area contributed by atoms with Crippen molar-refractivity contribution < 1.29 is 38.8 Å². The van der Waals surface area contributed by atoms with Crippen LogP contribution in [0.3, 0.4) is 0 Å². The normalized spacial score (nSPS) is 20.1. The fraction of sp³-hybridized carbons (Fsp3) is 0.367. The van der Waals surface area contributed by atoms with Gasteiger partial charge < -0.3 is 29.7 Å². The minimum atomic E-state index is -1.58. The predicted octanol–water partition coefficient (Wildman–Crippen LogP) is 4.57. The minimum Gasteiger partial charge on any atom is -0.507 e. The third kappa shape index (κ3) is 4.13. The fourth-order valence-electron chi connectivity index (χ4n) is 5.35. The average Bonchev–Trinajstić information content (AvgIpc) is 3.17. The smallest absolute Gasteiger partial charge is 0.194 e. The quantitative estimate of drug-likeness (QED) is 0.265. The number of ether oxygens (including phenoxy) is 3. The number of hydrogen-bond donors (Lipinski definition) is 3. The SMILES string of the molecule is COc1ccc([C@@H](N/C(C)=C2\C(=O)C=C3Oc4c(C(C)=O)c(O)c(C)c(O)c4[C@@]3(C)C2=O)C(C)C)cc1OC. The highest BCUT2D eigenvalue weighted by Crippen LogP contribution is 2.57. The third-order valence-corrected chi connectivity index (χ3v) is 7.57. The first-order valence-electron chi connectivity index (χ1n) is 12.6. The van der Waals surface area contributed by atoms with Crippen LogP contribution in [-0.4, -0.2) is 41.8 Å². The molecule has 0 saturated carbocycles. The van der Waals surface area contributed by atoms with Gasteiger partial charge in [0.2, 0.25) is 0 Å². The Morgan fingerprint density at radius 2 is 1.69 bits per heavy atom. The number of phenols is 2. The molecule has 0 amide bonds. The van der Waals surface area contributed by atoms with Crippen LogP contribution >= 0.6 is 0 Å². The van der Waals surface area contributed by atoms with Crippen molar-refractivity contribution in [2.75, 3.05) is 14.2 Å². The summed E-state index contributed by atoms with van der Waals surface area (Å²) >= 11 is 0. The molecule has 0 saturated heterocycles. The van der Waals surface area contributed by atoms with Gasteiger partial charge in [0.1, 0.15) is 34.0 Å². The lowest BCUT2D eigenvalue weighted by atomic mass is 9.70. The topological polar surface area (TPSA) is 131 Å².